The molecule has 4 aliphatic rings. The Morgan fingerprint density at radius 1 is 0.706 bits per heavy atom. The molecule has 1 nitrogen and oxygen atoms in total. The normalized spacial score (nSPS) is 50.5. The Balaban J connectivity index is 1.56. The van der Waals surface area contributed by atoms with Crippen LogP contribution in [0.2, 0.25) is 0 Å². The summed E-state index contributed by atoms with van der Waals surface area (Å²) in [4.78, 5) is 2.90. The van der Waals surface area contributed by atoms with Gasteiger partial charge in [-0.2, -0.15) is 0 Å². The Hall–Kier alpha value is -0.0400. The fraction of sp³-hybridized carbons (Fsp3) is 1.00. The van der Waals surface area contributed by atoms with E-state index in [1.807, 2.05) is 0 Å². The van der Waals surface area contributed by atoms with Gasteiger partial charge in [-0.3, -0.25) is 4.90 Å². The van der Waals surface area contributed by atoms with Gasteiger partial charge < -0.3 is 0 Å². The number of hydrogen-bond acceptors (Lipinski definition) is 1. The fourth-order valence-electron chi connectivity index (χ4n) is 5.80. The number of rotatable bonds is 0. The standard InChI is InChI=1S/C16H27N/c1-2-6-15-12(5-1)9-13-10-14(15)11-17-8-4-3-7-16(13)17/h12-16H,1-11H2/t12?,13?,14?,15-,16?/m0/s1. The van der Waals surface area contributed by atoms with Crippen LogP contribution in [0, 0.1) is 23.7 Å². The molecule has 5 atom stereocenters. The monoisotopic (exact) mass is 233 g/mol. The van der Waals surface area contributed by atoms with Crippen LogP contribution in [0.3, 0.4) is 0 Å². The molecule has 0 radical (unpaired) electrons. The van der Waals surface area contributed by atoms with Gasteiger partial charge in [0.2, 0.25) is 0 Å². The summed E-state index contributed by atoms with van der Waals surface area (Å²) in [5.74, 6) is 4.45. The van der Waals surface area contributed by atoms with Gasteiger partial charge in [0.25, 0.3) is 0 Å². The maximum Gasteiger partial charge on any atom is 0.0124 e. The van der Waals surface area contributed by atoms with Crippen molar-refractivity contribution < 1.29 is 0 Å². The highest BCUT2D eigenvalue weighted by atomic mass is 15.2. The zero-order valence-electron chi connectivity index (χ0n) is 11.1. The van der Waals surface area contributed by atoms with E-state index in [0.717, 1.165) is 29.7 Å². The second kappa shape index (κ2) is 4.26. The summed E-state index contributed by atoms with van der Waals surface area (Å²) in [6, 6.07) is 1.00. The van der Waals surface area contributed by atoms with Crippen LogP contribution in [-0.4, -0.2) is 24.0 Å². The van der Waals surface area contributed by atoms with E-state index in [0.29, 0.717) is 0 Å². The Morgan fingerprint density at radius 3 is 2.53 bits per heavy atom. The summed E-state index contributed by atoms with van der Waals surface area (Å²) in [6.07, 6.45) is 13.9. The van der Waals surface area contributed by atoms with Crippen LogP contribution in [-0.2, 0) is 0 Å². The molecular formula is C16H27N. The van der Waals surface area contributed by atoms with Crippen molar-refractivity contribution >= 4 is 0 Å². The molecule has 2 saturated carbocycles. The summed E-state index contributed by atoms with van der Waals surface area (Å²) in [5, 5.41) is 0. The SMILES string of the molecule is C1CC[C@H]2C(C1)CC1CC2CN2CCCCC12. The van der Waals surface area contributed by atoms with Crippen molar-refractivity contribution in [3.8, 4) is 0 Å². The number of fused-ring (bicyclic) bond motifs is 6. The molecule has 0 aromatic carbocycles. The van der Waals surface area contributed by atoms with E-state index in [1.165, 1.54) is 45.2 Å². The highest BCUT2D eigenvalue weighted by Gasteiger charge is 2.46. The number of nitrogens with zero attached hydrogens (tertiary/aromatic N) is 1. The average Bonchev–Trinajstić information content (AvgIpc) is 2.39. The van der Waals surface area contributed by atoms with E-state index in [-0.39, 0.29) is 0 Å². The first kappa shape index (κ1) is 10.8. The molecule has 2 saturated heterocycles. The largest absolute Gasteiger partial charge is 0.300 e. The van der Waals surface area contributed by atoms with Gasteiger partial charge in [0, 0.05) is 12.6 Å². The predicted octanol–water partition coefficient (Wildman–Crippen LogP) is 3.69. The van der Waals surface area contributed by atoms with Gasteiger partial charge >= 0.3 is 0 Å². The third kappa shape index (κ3) is 1.77. The smallest absolute Gasteiger partial charge is 0.0124 e. The molecule has 4 unspecified atom stereocenters. The highest BCUT2D eigenvalue weighted by molar-refractivity contribution is 4.99. The molecule has 4 rings (SSSR count). The van der Waals surface area contributed by atoms with Gasteiger partial charge in [-0.15, -0.1) is 0 Å². The van der Waals surface area contributed by atoms with E-state index in [1.54, 1.807) is 25.7 Å². The third-order valence-electron chi connectivity index (χ3n) is 6.46. The average molecular weight is 233 g/mol. The Bertz CT molecular complexity index is 259. The molecule has 96 valence electrons. The van der Waals surface area contributed by atoms with Crippen LogP contribution in [0.4, 0.5) is 0 Å². The second-order valence-corrected chi connectivity index (χ2v) is 7.26. The third-order valence-corrected chi connectivity index (χ3v) is 6.46. The molecule has 0 aromatic rings. The number of piperidine rings is 2. The van der Waals surface area contributed by atoms with Gasteiger partial charge in [-0.25, -0.2) is 0 Å². The summed E-state index contributed by atoms with van der Waals surface area (Å²) in [5.41, 5.74) is 0. The molecule has 4 fully saturated rings. The van der Waals surface area contributed by atoms with E-state index >= 15 is 0 Å². The van der Waals surface area contributed by atoms with Crippen LogP contribution in [0.15, 0.2) is 0 Å². The van der Waals surface area contributed by atoms with Gasteiger partial charge in [0.15, 0.2) is 0 Å². The van der Waals surface area contributed by atoms with Gasteiger partial charge in [-0.1, -0.05) is 25.7 Å². The van der Waals surface area contributed by atoms with E-state index < -0.39 is 0 Å². The van der Waals surface area contributed by atoms with Crippen molar-refractivity contribution in [1.29, 1.82) is 0 Å². The summed E-state index contributed by atoms with van der Waals surface area (Å²) >= 11 is 0. The minimum Gasteiger partial charge on any atom is -0.300 e. The molecule has 0 amide bonds. The summed E-state index contributed by atoms with van der Waals surface area (Å²) < 4.78 is 0. The van der Waals surface area contributed by atoms with Crippen LogP contribution < -0.4 is 0 Å². The molecule has 2 aliphatic carbocycles. The Labute approximate surface area is 106 Å². The summed E-state index contributed by atoms with van der Waals surface area (Å²) in [6.45, 7) is 2.90. The van der Waals surface area contributed by atoms with Gasteiger partial charge in [0.05, 0.1) is 0 Å². The fourth-order valence-corrected chi connectivity index (χ4v) is 5.80. The predicted molar refractivity (Wildman–Crippen MR) is 70.9 cm³/mol. The lowest BCUT2D eigenvalue weighted by atomic mass is 9.58. The summed E-state index contributed by atoms with van der Waals surface area (Å²) in [7, 11) is 0. The van der Waals surface area contributed by atoms with Crippen molar-refractivity contribution in [3.63, 3.8) is 0 Å². The van der Waals surface area contributed by atoms with Crippen molar-refractivity contribution in [2.24, 2.45) is 23.7 Å². The maximum absolute atomic E-state index is 2.90. The molecular weight excluding hydrogens is 206 g/mol. The van der Waals surface area contributed by atoms with Crippen LogP contribution in [0.5, 0.6) is 0 Å². The number of hydrogen-bond donors (Lipinski definition) is 0. The first-order valence-corrected chi connectivity index (χ1v) is 8.16. The maximum atomic E-state index is 2.90. The molecule has 2 bridgehead atoms. The Morgan fingerprint density at radius 2 is 1.53 bits per heavy atom. The highest BCUT2D eigenvalue weighted by Crippen LogP contribution is 2.51. The molecule has 0 spiro atoms. The lowest BCUT2D eigenvalue weighted by molar-refractivity contribution is -0.0585. The first-order valence-electron chi connectivity index (χ1n) is 8.16. The van der Waals surface area contributed by atoms with Crippen molar-refractivity contribution in [1.82, 2.24) is 4.90 Å². The van der Waals surface area contributed by atoms with Crippen LogP contribution in [0.25, 0.3) is 0 Å². The first-order chi connectivity index (χ1) is 8.42. The molecule has 17 heavy (non-hydrogen) atoms. The lowest BCUT2D eigenvalue weighted by Crippen LogP contribution is -2.56. The van der Waals surface area contributed by atoms with Crippen LogP contribution in [0.1, 0.15) is 57.8 Å². The molecule has 2 heterocycles. The zero-order chi connectivity index (χ0) is 11.2. The molecule has 2 aliphatic heterocycles. The Kier molecular flexibility index (Phi) is 2.72. The lowest BCUT2D eigenvalue weighted by Gasteiger charge is -2.56. The topological polar surface area (TPSA) is 3.24 Å². The molecule has 0 aromatic heterocycles. The van der Waals surface area contributed by atoms with Gasteiger partial charge in [-0.05, 0) is 62.3 Å². The van der Waals surface area contributed by atoms with Crippen LogP contribution >= 0.6 is 0 Å². The zero-order valence-corrected chi connectivity index (χ0v) is 11.1. The molecule has 0 N–H and O–H groups in total. The second-order valence-electron chi connectivity index (χ2n) is 7.26. The van der Waals surface area contributed by atoms with E-state index in [9.17, 15) is 0 Å². The van der Waals surface area contributed by atoms with Crippen molar-refractivity contribution in [2.75, 3.05) is 13.1 Å². The van der Waals surface area contributed by atoms with Crippen molar-refractivity contribution in [3.05, 3.63) is 0 Å². The minimum atomic E-state index is 1.00. The quantitative estimate of drug-likeness (QED) is 0.617. The minimum absolute atomic E-state index is 1.00. The molecule has 1 heteroatoms. The van der Waals surface area contributed by atoms with Crippen molar-refractivity contribution in [2.45, 2.75) is 63.8 Å². The van der Waals surface area contributed by atoms with Gasteiger partial charge in [0.1, 0.15) is 0 Å². The van der Waals surface area contributed by atoms with E-state index in [2.05, 4.69) is 4.90 Å². The van der Waals surface area contributed by atoms with E-state index in [4.69, 9.17) is 0 Å².